The first-order chi connectivity index (χ1) is 16.1. The molecule has 0 unspecified atom stereocenters. The van der Waals surface area contributed by atoms with Crippen LogP contribution in [-0.2, 0) is 0 Å². The van der Waals surface area contributed by atoms with E-state index in [4.69, 9.17) is 9.84 Å². The first-order valence-electron chi connectivity index (χ1n) is 10.4. The van der Waals surface area contributed by atoms with E-state index in [0.717, 1.165) is 28.0 Å². The van der Waals surface area contributed by atoms with Gasteiger partial charge in [0.2, 0.25) is 11.1 Å². The van der Waals surface area contributed by atoms with Crippen LogP contribution in [0.2, 0.25) is 0 Å². The third-order valence-corrected chi connectivity index (χ3v) is 6.44. The number of para-hydroxylation sites is 1. The minimum atomic E-state index is -0.506. The van der Waals surface area contributed by atoms with Gasteiger partial charge in [-0.05, 0) is 53.8 Å². The number of fused-ring (bicyclic) bond motifs is 3. The molecule has 0 bridgehead atoms. The highest BCUT2D eigenvalue weighted by Gasteiger charge is 2.41. The van der Waals surface area contributed by atoms with Crippen molar-refractivity contribution in [2.24, 2.45) is 0 Å². The molecule has 6 rings (SSSR count). The molecule has 0 amide bonds. The van der Waals surface area contributed by atoms with Crippen LogP contribution in [0.1, 0.15) is 28.8 Å². The highest BCUT2D eigenvalue weighted by atomic mass is 32.2. The van der Waals surface area contributed by atoms with Crippen molar-refractivity contribution in [3.05, 3.63) is 107 Å². The average molecular weight is 461 g/mol. The summed E-state index contributed by atoms with van der Waals surface area (Å²) >= 11 is 1.45. The zero-order valence-corrected chi connectivity index (χ0v) is 18.3. The SMILES string of the molecule is CSc1nc2n(n1)[C@@H](c1ccc(F)cc1)C1=C(N2)c2ccccc2O[C@H]1c1ccc(F)cc1. The van der Waals surface area contributed by atoms with Crippen molar-refractivity contribution in [1.29, 1.82) is 0 Å². The molecule has 2 aliphatic rings. The number of nitrogens with one attached hydrogen (secondary N) is 1. The summed E-state index contributed by atoms with van der Waals surface area (Å²) in [5.74, 6) is 0.686. The first kappa shape index (κ1) is 20.0. The predicted molar refractivity (Wildman–Crippen MR) is 123 cm³/mol. The summed E-state index contributed by atoms with van der Waals surface area (Å²) in [5.41, 5.74) is 4.32. The number of anilines is 1. The Labute approximate surface area is 193 Å². The third-order valence-electron chi connectivity index (χ3n) is 5.90. The maximum Gasteiger partial charge on any atom is 0.227 e. The Morgan fingerprint density at radius 1 is 0.909 bits per heavy atom. The second-order valence-corrected chi connectivity index (χ2v) is 8.60. The molecule has 0 spiro atoms. The predicted octanol–water partition coefficient (Wildman–Crippen LogP) is 5.84. The van der Waals surface area contributed by atoms with Crippen LogP contribution in [0.4, 0.5) is 14.7 Å². The minimum Gasteiger partial charge on any atom is -0.480 e. The Bertz CT molecular complexity index is 1380. The molecular formula is C25H18F2N4OS. The van der Waals surface area contributed by atoms with Gasteiger partial charge in [-0.2, -0.15) is 4.98 Å². The summed E-state index contributed by atoms with van der Waals surface area (Å²) in [4.78, 5) is 4.64. The molecule has 3 aromatic carbocycles. The number of nitrogens with zero attached hydrogens (tertiary/aromatic N) is 3. The molecule has 5 nitrogen and oxygen atoms in total. The Balaban J connectivity index is 1.62. The van der Waals surface area contributed by atoms with Gasteiger partial charge < -0.3 is 10.1 Å². The Morgan fingerprint density at radius 2 is 1.58 bits per heavy atom. The third kappa shape index (κ3) is 3.29. The van der Waals surface area contributed by atoms with Crippen LogP contribution in [0, 0.1) is 11.6 Å². The number of aromatic nitrogens is 3. The van der Waals surface area contributed by atoms with Crippen molar-refractivity contribution in [3.63, 3.8) is 0 Å². The molecular weight excluding hydrogens is 442 g/mol. The fraction of sp³-hybridized carbons (Fsp3) is 0.120. The van der Waals surface area contributed by atoms with Gasteiger partial charge in [0.25, 0.3) is 0 Å². The molecule has 3 heterocycles. The summed E-state index contributed by atoms with van der Waals surface area (Å²) < 4.78 is 35.8. The van der Waals surface area contributed by atoms with Crippen LogP contribution in [0.5, 0.6) is 5.75 Å². The van der Waals surface area contributed by atoms with Gasteiger partial charge in [-0.25, -0.2) is 13.5 Å². The lowest BCUT2D eigenvalue weighted by atomic mass is 9.84. The fourth-order valence-electron chi connectivity index (χ4n) is 4.42. The molecule has 0 radical (unpaired) electrons. The van der Waals surface area contributed by atoms with Crippen LogP contribution in [0.25, 0.3) is 5.70 Å². The standard InChI is InChI=1S/C25H18F2N4OS/c1-33-25-29-24-28-21-18-4-2-3-5-19(18)32-23(15-8-12-17(27)13-9-15)20(21)22(31(24)30-25)14-6-10-16(26)11-7-14/h2-13,22-23H,1H3,(H,28,29,30)/t22-,23-/m0/s1. The van der Waals surface area contributed by atoms with E-state index in [0.29, 0.717) is 16.9 Å². The quantitative estimate of drug-likeness (QED) is 0.390. The Morgan fingerprint density at radius 3 is 2.27 bits per heavy atom. The lowest BCUT2D eigenvalue weighted by molar-refractivity contribution is 0.222. The number of hydrogen-bond donors (Lipinski definition) is 1. The molecule has 0 aliphatic carbocycles. The van der Waals surface area contributed by atoms with Crippen molar-refractivity contribution in [1.82, 2.24) is 14.8 Å². The van der Waals surface area contributed by atoms with Crippen molar-refractivity contribution < 1.29 is 13.5 Å². The molecule has 2 aliphatic heterocycles. The van der Waals surface area contributed by atoms with Crippen molar-refractivity contribution in [2.45, 2.75) is 17.3 Å². The number of halogens is 2. The Kier molecular flexibility index (Phi) is 4.69. The zero-order valence-electron chi connectivity index (χ0n) is 17.5. The van der Waals surface area contributed by atoms with E-state index in [9.17, 15) is 8.78 Å². The lowest BCUT2D eigenvalue weighted by Gasteiger charge is -2.38. The van der Waals surface area contributed by atoms with E-state index in [1.54, 1.807) is 24.3 Å². The zero-order chi connectivity index (χ0) is 22.5. The van der Waals surface area contributed by atoms with Crippen LogP contribution in [0.3, 0.4) is 0 Å². The van der Waals surface area contributed by atoms with Gasteiger partial charge in [0.15, 0.2) is 0 Å². The van der Waals surface area contributed by atoms with Crippen molar-refractivity contribution in [2.75, 3.05) is 11.6 Å². The summed E-state index contributed by atoms with van der Waals surface area (Å²) in [7, 11) is 0. The highest BCUT2D eigenvalue weighted by molar-refractivity contribution is 7.98. The molecule has 0 saturated carbocycles. The Hall–Kier alpha value is -3.65. The fourth-order valence-corrected chi connectivity index (χ4v) is 4.77. The maximum absolute atomic E-state index is 13.8. The van der Waals surface area contributed by atoms with Crippen molar-refractivity contribution >= 4 is 23.4 Å². The van der Waals surface area contributed by atoms with Crippen LogP contribution >= 0.6 is 11.8 Å². The number of rotatable bonds is 3. The molecule has 1 N–H and O–H groups in total. The molecule has 8 heteroatoms. The molecule has 1 aromatic heterocycles. The molecule has 0 fully saturated rings. The van der Waals surface area contributed by atoms with E-state index in [1.165, 1.54) is 36.0 Å². The smallest absolute Gasteiger partial charge is 0.227 e. The summed E-state index contributed by atoms with van der Waals surface area (Å²) in [6.07, 6.45) is 1.41. The van der Waals surface area contributed by atoms with Gasteiger partial charge in [-0.15, -0.1) is 5.10 Å². The summed E-state index contributed by atoms with van der Waals surface area (Å²) in [6, 6.07) is 20.1. The number of benzene rings is 3. The van der Waals surface area contributed by atoms with Gasteiger partial charge in [-0.1, -0.05) is 48.2 Å². The second kappa shape index (κ2) is 7.74. The van der Waals surface area contributed by atoms with Gasteiger partial charge >= 0.3 is 0 Å². The van der Waals surface area contributed by atoms with Crippen LogP contribution in [0.15, 0.2) is 83.5 Å². The van der Waals surface area contributed by atoms with E-state index >= 15 is 0 Å². The molecule has 0 saturated heterocycles. The van der Waals surface area contributed by atoms with E-state index in [-0.39, 0.29) is 11.6 Å². The maximum atomic E-state index is 13.8. The van der Waals surface area contributed by atoms with E-state index in [1.807, 2.05) is 35.2 Å². The van der Waals surface area contributed by atoms with Crippen LogP contribution < -0.4 is 10.1 Å². The minimum absolute atomic E-state index is 0.314. The average Bonchev–Trinajstić information content (AvgIpc) is 3.26. The highest BCUT2D eigenvalue weighted by Crippen LogP contribution is 2.50. The lowest BCUT2D eigenvalue weighted by Crippen LogP contribution is -2.32. The second-order valence-electron chi connectivity index (χ2n) is 7.82. The van der Waals surface area contributed by atoms with E-state index < -0.39 is 12.1 Å². The molecule has 4 aromatic rings. The van der Waals surface area contributed by atoms with Crippen molar-refractivity contribution in [3.8, 4) is 5.75 Å². The topological polar surface area (TPSA) is 52.0 Å². The summed E-state index contributed by atoms with van der Waals surface area (Å²) in [6.45, 7) is 0. The van der Waals surface area contributed by atoms with Gasteiger partial charge in [-0.3, -0.25) is 0 Å². The van der Waals surface area contributed by atoms with E-state index in [2.05, 4.69) is 10.3 Å². The molecule has 2 atom stereocenters. The normalized spacial score (nSPS) is 18.6. The summed E-state index contributed by atoms with van der Waals surface area (Å²) in [5, 5.41) is 8.78. The number of hydrogen-bond acceptors (Lipinski definition) is 5. The van der Waals surface area contributed by atoms with Gasteiger partial charge in [0, 0.05) is 11.1 Å². The van der Waals surface area contributed by atoms with Crippen LogP contribution in [-0.4, -0.2) is 21.0 Å². The van der Waals surface area contributed by atoms with Gasteiger partial charge in [0.1, 0.15) is 29.5 Å². The van der Waals surface area contributed by atoms with Gasteiger partial charge in [0.05, 0.1) is 5.70 Å². The molecule has 33 heavy (non-hydrogen) atoms. The monoisotopic (exact) mass is 460 g/mol. The number of thioether (sulfide) groups is 1. The molecule has 164 valence electrons. The largest absolute Gasteiger partial charge is 0.480 e. The number of ether oxygens (including phenoxy) is 1. The first-order valence-corrected chi connectivity index (χ1v) is 11.6.